The van der Waals surface area contributed by atoms with Crippen molar-refractivity contribution in [1.29, 1.82) is 5.26 Å². The van der Waals surface area contributed by atoms with Crippen molar-refractivity contribution in [3.63, 3.8) is 0 Å². The van der Waals surface area contributed by atoms with Gasteiger partial charge in [0.2, 0.25) is 0 Å². The van der Waals surface area contributed by atoms with Gasteiger partial charge in [0.15, 0.2) is 0 Å². The van der Waals surface area contributed by atoms with Crippen molar-refractivity contribution in [2.75, 3.05) is 11.9 Å². The number of nitrogens with zero attached hydrogens (tertiary/aromatic N) is 2. The van der Waals surface area contributed by atoms with Crippen molar-refractivity contribution in [2.45, 2.75) is 41.5 Å². The quantitative estimate of drug-likeness (QED) is 0.872. The van der Waals surface area contributed by atoms with Crippen LogP contribution in [0.3, 0.4) is 0 Å². The van der Waals surface area contributed by atoms with Gasteiger partial charge in [0, 0.05) is 12.2 Å². The van der Waals surface area contributed by atoms with E-state index in [1.54, 1.807) is 0 Å². The van der Waals surface area contributed by atoms with Crippen LogP contribution in [0.15, 0.2) is 6.07 Å². The van der Waals surface area contributed by atoms with E-state index < -0.39 is 0 Å². The largest absolute Gasteiger partial charge is 0.384 e. The Balaban J connectivity index is 2.91. The number of hydrogen-bond acceptors (Lipinski definition) is 3. The molecule has 0 radical (unpaired) electrons. The Morgan fingerprint density at radius 2 is 1.79 bits per heavy atom. The lowest BCUT2D eigenvalue weighted by Gasteiger charge is -2.26. The van der Waals surface area contributed by atoms with Crippen molar-refractivity contribution in [2.24, 2.45) is 17.8 Å². The Morgan fingerprint density at radius 3 is 2.26 bits per heavy atom. The maximum absolute atomic E-state index is 9.24. The monoisotopic (exact) mass is 259 g/mol. The van der Waals surface area contributed by atoms with E-state index in [-0.39, 0.29) is 0 Å². The Morgan fingerprint density at radius 1 is 1.21 bits per heavy atom. The Labute approximate surface area is 117 Å². The van der Waals surface area contributed by atoms with Gasteiger partial charge in [-0.05, 0) is 37.7 Å². The van der Waals surface area contributed by atoms with E-state index in [1.807, 2.05) is 19.9 Å². The zero-order valence-electron chi connectivity index (χ0n) is 12.9. The summed E-state index contributed by atoms with van der Waals surface area (Å²) in [7, 11) is 0. The molecule has 104 valence electrons. The van der Waals surface area contributed by atoms with E-state index in [2.05, 4.69) is 44.1 Å². The molecule has 0 saturated carbocycles. The molecule has 0 aromatic carbocycles. The summed E-state index contributed by atoms with van der Waals surface area (Å²) in [5.41, 5.74) is 3.33. The summed E-state index contributed by atoms with van der Waals surface area (Å²) in [6.07, 6.45) is 0. The first-order valence-corrected chi connectivity index (χ1v) is 6.99. The molecule has 1 N–H and O–H groups in total. The zero-order chi connectivity index (χ0) is 14.6. The predicted octanol–water partition coefficient (Wildman–Crippen LogP) is 3.91. The van der Waals surface area contributed by atoms with Crippen molar-refractivity contribution in [3.05, 3.63) is 23.0 Å². The fraction of sp³-hybridized carbons (Fsp3) is 0.625. The maximum atomic E-state index is 9.24. The molecule has 0 aliphatic carbocycles. The van der Waals surface area contributed by atoms with Crippen molar-refractivity contribution >= 4 is 5.69 Å². The molecule has 1 aromatic rings. The van der Waals surface area contributed by atoms with E-state index in [0.717, 1.165) is 23.6 Å². The van der Waals surface area contributed by atoms with Crippen LogP contribution in [0, 0.1) is 42.9 Å². The minimum Gasteiger partial charge on any atom is -0.384 e. The van der Waals surface area contributed by atoms with E-state index >= 15 is 0 Å². The molecule has 0 spiro atoms. The van der Waals surface area contributed by atoms with E-state index in [9.17, 15) is 5.26 Å². The van der Waals surface area contributed by atoms with E-state index in [4.69, 9.17) is 0 Å². The summed E-state index contributed by atoms with van der Waals surface area (Å²) in [5, 5.41) is 12.7. The summed E-state index contributed by atoms with van der Waals surface area (Å²) >= 11 is 0. The molecule has 1 rings (SSSR count). The number of aryl methyl sites for hydroxylation is 2. The summed E-state index contributed by atoms with van der Waals surface area (Å²) in [6.45, 7) is 13.7. The van der Waals surface area contributed by atoms with Crippen LogP contribution in [0.1, 0.15) is 44.6 Å². The molecule has 3 heteroatoms. The molecule has 0 unspecified atom stereocenters. The van der Waals surface area contributed by atoms with Gasteiger partial charge in [-0.2, -0.15) is 5.26 Å². The van der Waals surface area contributed by atoms with Crippen molar-refractivity contribution in [1.82, 2.24) is 4.98 Å². The molecule has 0 aliphatic rings. The average molecular weight is 259 g/mol. The second-order valence-electron chi connectivity index (χ2n) is 5.92. The fourth-order valence-electron chi connectivity index (χ4n) is 2.58. The molecular weight excluding hydrogens is 234 g/mol. The maximum Gasteiger partial charge on any atom is 0.103 e. The molecule has 3 nitrogen and oxygen atoms in total. The Hall–Kier alpha value is -1.56. The number of nitriles is 1. The minimum absolute atomic E-state index is 0.598. The van der Waals surface area contributed by atoms with Crippen molar-refractivity contribution < 1.29 is 0 Å². The van der Waals surface area contributed by atoms with Crippen LogP contribution in [0.4, 0.5) is 5.69 Å². The van der Waals surface area contributed by atoms with Crippen molar-refractivity contribution in [3.8, 4) is 6.07 Å². The first-order chi connectivity index (χ1) is 8.86. The van der Waals surface area contributed by atoms with Crippen LogP contribution in [0.25, 0.3) is 0 Å². The Bertz CT molecular complexity index is 462. The van der Waals surface area contributed by atoms with Gasteiger partial charge >= 0.3 is 0 Å². The molecule has 0 amide bonds. The molecule has 0 saturated heterocycles. The standard InChI is InChI=1S/C16H25N3/c1-10(2)15(11(3)4)9-18-16-7-12(5)19-13(6)14(16)8-17/h7,10-11,15H,9H2,1-6H3,(H,18,19). The van der Waals surface area contributed by atoms with Gasteiger partial charge in [0.1, 0.15) is 6.07 Å². The van der Waals surface area contributed by atoms with E-state index in [1.165, 1.54) is 0 Å². The van der Waals surface area contributed by atoms with Gasteiger partial charge in [0.05, 0.1) is 16.9 Å². The summed E-state index contributed by atoms with van der Waals surface area (Å²) in [5.74, 6) is 1.85. The number of nitrogens with one attached hydrogen (secondary N) is 1. The van der Waals surface area contributed by atoms with Crippen LogP contribution in [0.2, 0.25) is 0 Å². The van der Waals surface area contributed by atoms with Crippen LogP contribution >= 0.6 is 0 Å². The number of pyridine rings is 1. The van der Waals surface area contributed by atoms with Gasteiger partial charge in [-0.15, -0.1) is 0 Å². The van der Waals surface area contributed by atoms with Gasteiger partial charge in [-0.3, -0.25) is 4.98 Å². The minimum atomic E-state index is 0.598. The van der Waals surface area contributed by atoms with Crippen LogP contribution in [-0.2, 0) is 0 Å². The lowest BCUT2D eigenvalue weighted by Crippen LogP contribution is -2.25. The molecule has 0 atom stereocenters. The topological polar surface area (TPSA) is 48.7 Å². The third kappa shape index (κ3) is 3.96. The number of aromatic nitrogens is 1. The zero-order valence-corrected chi connectivity index (χ0v) is 12.9. The molecule has 0 bridgehead atoms. The number of anilines is 1. The molecule has 1 aromatic heterocycles. The molecule has 19 heavy (non-hydrogen) atoms. The molecule has 1 heterocycles. The number of rotatable bonds is 5. The normalized spacial score (nSPS) is 11.2. The van der Waals surface area contributed by atoms with Crippen LogP contribution in [0.5, 0.6) is 0 Å². The van der Waals surface area contributed by atoms with E-state index in [0.29, 0.717) is 23.3 Å². The molecular formula is C16H25N3. The van der Waals surface area contributed by atoms with Crippen LogP contribution < -0.4 is 5.32 Å². The smallest absolute Gasteiger partial charge is 0.103 e. The first kappa shape index (κ1) is 15.5. The summed E-state index contributed by atoms with van der Waals surface area (Å²) in [4.78, 5) is 4.34. The second-order valence-corrected chi connectivity index (χ2v) is 5.92. The summed E-state index contributed by atoms with van der Waals surface area (Å²) < 4.78 is 0. The predicted molar refractivity (Wildman–Crippen MR) is 80.1 cm³/mol. The highest BCUT2D eigenvalue weighted by Crippen LogP contribution is 2.23. The van der Waals surface area contributed by atoms with Gasteiger partial charge < -0.3 is 5.32 Å². The average Bonchev–Trinajstić information content (AvgIpc) is 2.27. The fourth-order valence-corrected chi connectivity index (χ4v) is 2.58. The molecule has 0 fully saturated rings. The SMILES string of the molecule is Cc1cc(NCC(C(C)C)C(C)C)c(C#N)c(C)n1. The molecule has 0 aliphatic heterocycles. The highest BCUT2D eigenvalue weighted by atomic mass is 14.9. The lowest BCUT2D eigenvalue weighted by molar-refractivity contribution is 0.304. The summed E-state index contributed by atoms with van der Waals surface area (Å²) in [6, 6.07) is 4.21. The third-order valence-electron chi connectivity index (χ3n) is 3.68. The van der Waals surface area contributed by atoms with Gasteiger partial charge in [-0.25, -0.2) is 0 Å². The number of hydrogen-bond donors (Lipinski definition) is 1. The van der Waals surface area contributed by atoms with Gasteiger partial charge in [0.25, 0.3) is 0 Å². The Kier molecular flexibility index (Phi) is 5.35. The third-order valence-corrected chi connectivity index (χ3v) is 3.68. The first-order valence-electron chi connectivity index (χ1n) is 6.99. The highest BCUT2D eigenvalue weighted by Gasteiger charge is 2.18. The highest BCUT2D eigenvalue weighted by molar-refractivity contribution is 5.59. The van der Waals surface area contributed by atoms with Gasteiger partial charge in [-0.1, -0.05) is 27.7 Å². The lowest BCUT2D eigenvalue weighted by atomic mass is 9.85. The van der Waals surface area contributed by atoms with Crippen LogP contribution in [-0.4, -0.2) is 11.5 Å². The second kappa shape index (κ2) is 6.56.